The van der Waals surface area contributed by atoms with Crippen LogP contribution in [0.25, 0.3) is 0 Å². The predicted molar refractivity (Wildman–Crippen MR) is 60.4 cm³/mol. The first-order valence-corrected chi connectivity index (χ1v) is 6.01. The highest BCUT2D eigenvalue weighted by Crippen LogP contribution is 2.44. The minimum atomic E-state index is -0.0548. The smallest absolute Gasteiger partial charge is 0.113 e. The van der Waals surface area contributed by atoms with E-state index in [9.17, 15) is 0 Å². The molecule has 2 rings (SSSR count). The molecule has 2 N–H and O–H groups in total. The maximum Gasteiger partial charge on any atom is 0.113 e. The lowest BCUT2D eigenvalue weighted by atomic mass is 9.91. The molecule has 0 unspecified atom stereocenters. The van der Waals surface area contributed by atoms with E-state index >= 15 is 0 Å². The van der Waals surface area contributed by atoms with E-state index in [-0.39, 0.29) is 5.54 Å². The molecule has 14 heavy (non-hydrogen) atoms. The van der Waals surface area contributed by atoms with Crippen molar-refractivity contribution in [3.8, 4) is 0 Å². The van der Waals surface area contributed by atoms with Crippen molar-refractivity contribution in [3.05, 3.63) is 16.1 Å². The second-order valence-corrected chi connectivity index (χ2v) is 6.40. The van der Waals surface area contributed by atoms with Gasteiger partial charge in [0.25, 0.3) is 0 Å². The van der Waals surface area contributed by atoms with Crippen molar-refractivity contribution in [2.24, 2.45) is 11.1 Å². The number of thiazole rings is 1. The van der Waals surface area contributed by atoms with E-state index in [1.807, 2.05) is 0 Å². The van der Waals surface area contributed by atoms with Crippen molar-refractivity contribution in [2.45, 2.75) is 45.6 Å². The summed E-state index contributed by atoms with van der Waals surface area (Å²) in [5.74, 6) is 0. The standard InChI is InChI=1S/C11H18N2S/c1-10(2,3)6-8-7-14-9(13-8)11(12)4-5-11/h7H,4-6,12H2,1-3H3. The van der Waals surface area contributed by atoms with E-state index in [2.05, 4.69) is 31.1 Å². The van der Waals surface area contributed by atoms with Crippen molar-refractivity contribution >= 4 is 11.3 Å². The second kappa shape index (κ2) is 3.04. The lowest BCUT2D eigenvalue weighted by Crippen LogP contribution is -2.18. The lowest BCUT2D eigenvalue weighted by Gasteiger charge is -2.15. The van der Waals surface area contributed by atoms with Crippen LogP contribution in [-0.4, -0.2) is 4.98 Å². The summed E-state index contributed by atoms with van der Waals surface area (Å²) in [7, 11) is 0. The summed E-state index contributed by atoms with van der Waals surface area (Å²) in [6, 6.07) is 0. The van der Waals surface area contributed by atoms with Crippen LogP contribution in [0.5, 0.6) is 0 Å². The Kier molecular flexibility index (Phi) is 2.20. The van der Waals surface area contributed by atoms with Gasteiger partial charge < -0.3 is 5.73 Å². The first-order valence-electron chi connectivity index (χ1n) is 5.13. The number of rotatable bonds is 2. The van der Waals surface area contributed by atoms with Crippen molar-refractivity contribution in [1.29, 1.82) is 0 Å². The zero-order valence-corrected chi connectivity index (χ0v) is 9.95. The van der Waals surface area contributed by atoms with Crippen LogP contribution >= 0.6 is 11.3 Å². The third kappa shape index (κ3) is 2.15. The summed E-state index contributed by atoms with van der Waals surface area (Å²) in [4.78, 5) is 4.62. The van der Waals surface area contributed by atoms with Crippen LogP contribution in [0.1, 0.15) is 44.3 Å². The zero-order valence-electron chi connectivity index (χ0n) is 9.13. The van der Waals surface area contributed by atoms with Crippen LogP contribution in [0.3, 0.4) is 0 Å². The van der Waals surface area contributed by atoms with Gasteiger partial charge in [0.15, 0.2) is 0 Å². The number of hydrogen-bond acceptors (Lipinski definition) is 3. The largest absolute Gasteiger partial charge is 0.319 e. The molecule has 0 radical (unpaired) electrons. The summed E-state index contributed by atoms with van der Waals surface area (Å²) in [6.45, 7) is 6.71. The highest BCUT2D eigenvalue weighted by atomic mass is 32.1. The zero-order chi connectivity index (χ0) is 10.4. The summed E-state index contributed by atoms with van der Waals surface area (Å²) >= 11 is 1.72. The first kappa shape index (κ1) is 10.1. The van der Waals surface area contributed by atoms with E-state index in [1.54, 1.807) is 11.3 Å². The van der Waals surface area contributed by atoms with E-state index in [1.165, 1.54) is 5.69 Å². The Morgan fingerprint density at radius 3 is 2.64 bits per heavy atom. The Balaban J connectivity index is 2.11. The Labute approximate surface area is 89.5 Å². The van der Waals surface area contributed by atoms with Crippen molar-refractivity contribution in [1.82, 2.24) is 4.98 Å². The van der Waals surface area contributed by atoms with Gasteiger partial charge in [0, 0.05) is 5.38 Å². The average molecular weight is 210 g/mol. The summed E-state index contributed by atoms with van der Waals surface area (Å²) < 4.78 is 0. The van der Waals surface area contributed by atoms with Crippen LogP contribution in [0.15, 0.2) is 5.38 Å². The molecule has 0 aliphatic heterocycles. The van der Waals surface area contributed by atoms with Gasteiger partial charge in [-0.2, -0.15) is 0 Å². The van der Waals surface area contributed by atoms with Crippen LogP contribution in [0.2, 0.25) is 0 Å². The molecule has 2 nitrogen and oxygen atoms in total. The molecule has 0 atom stereocenters. The molecular weight excluding hydrogens is 192 g/mol. The molecule has 0 amide bonds. The van der Waals surface area contributed by atoms with Gasteiger partial charge in [-0.1, -0.05) is 20.8 Å². The fourth-order valence-electron chi connectivity index (χ4n) is 1.51. The molecule has 1 saturated carbocycles. The van der Waals surface area contributed by atoms with Crippen LogP contribution in [0, 0.1) is 5.41 Å². The van der Waals surface area contributed by atoms with E-state index in [0.717, 1.165) is 24.3 Å². The monoisotopic (exact) mass is 210 g/mol. The molecule has 1 aliphatic rings. The number of aromatic nitrogens is 1. The van der Waals surface area contributed by atoms with Gasteiger partial charge in [-0.15, -0.1) is 11.3 Å². The number of nitrogens with two attached hydrogens (primary N) is 1. The summed E-state index contributed by atoms with van der Waals surface area (Å²) in [5.41, 5.74) is 7.56. The molecular formula is C11H18N2S. The van der Waals surface area contributed by atoms with E-state index in [0.29, 0.717) is 5.41 Å². The highest BCUT2D eigenvalue weighted by molar-refractivity contribution is 7.09. The first-order chi connectivity index (χ1) is 6.39. The second-order valence-electron chi connectivity index (χ2n) is 5.54. The van der Waals surface area contributed by atoms with Gasteiger partial charge in [-0.3, -0.25) is 0 Å². The normalized spacial score (nSPS) is 19.7. The topological polar surface area (TPSA) is 38.9 Å². The third-order valence-electron chi connectivity index (χ3n) is 2.48. The van der Waals surface area contributed by atoms with Crippen LogP contribution in [0.4, 0.5) is 0 Å². The Bertz CT molecular complexity index is 331. The van der Waals surface area contributed by atoms with Gasteiger partial charge in [0.1, 0.15) is 5.01 Å². The quantitative estimate of drug-likeness (QED) is 0.815. The van der Waals surface area contributed by atoms with Crippen LogP contribution < -0.4 is 5.73 Å². The maximum atomic E-state index is 6.09. The van der Waals surface area contributed by atoms with Gasteiger partial charge >= 0.3 is 0 Å². The molecule has 1 aromatic rings. The molecule has 0 aromatic carbocycles. The van der Waals surface area contributed by atoms with Crippen molar-refractivity contribution in [2.75, 3.05) is 0 Å². The van der Waals surface area contributed by atoms with Gasteiger partial charge in [0.2, 0.25) is 0 Å². The molecule has 1 aromatic heterocycles. The van der Waals surface area contributed by atoms with Crippen molar-refractivity contribution < 1.29 is 0 Å². The third-order valence-corrected chi connectivity index (χ3v) is 3.59. The minimum Gasteiger partial charge on any atom is -0.319 e. The molecule has 78 valence electrons. The fourth-order valence-corrected chi connectivity index (χ4v) is 2.50. The molecule has 1 aliphatic carbocycles. The molecule has 3 heteroatoms. The Hall–Kier alpha value is -0.410. The summed E-state index contributed by atoms with van der Waals surface area (Å²) in [6.07, 6.45) is 3.25. The highest BCUT2D eigenvalue weighted by Gasteiger charge is 2.42. The Morgan fingerprint density at radius 1 is 1.50 bits per heavy atom. The average Bonchev–Trinajstić information content (AvgIpc) is 2.60. The minimum absolute atomic E-state index is 0.0548. The molecule has 0 spiro atoms. The molecule has 0 saturated heterocycles. The maximum absolute atomic E-state index is 6.09. The van der Waals surface area contributed by atoms with Gasteiger partial charge in [-0.05, 0) is 24.7 Å². The van der Waals surface area contributed by atoms with E-state index in [4.69, 9.17) is 5.73 Å². The Morgan fingerprint density at radius 2 is 2.14 bits per heavy atom. The lowest BCUT2D eigenvalue weighted by molar-refractivity contribution is 0.406. The van der Waals surface area contributed by atoms with Crippen molar-refractivity contribution in [3.63, 3.8) is 0 Å². The summed E-state index contributed by atoms with van der Waals surface area (Å²) in [5, 5.41) is 3.30. The van der Waals surface area contributed by atoms with Gasteiger partial charge in [-0.25, -0.2) is 4.98 Å². The van der Waals surface area contributed by atoms with Gasteiger partial charge in [0.05, 0.1) is 11.2 Å². The number of nitrogens with zero attached hydrogens (tertiary/aromatic N) is 1. The number of hydrogen-bond donors (Lipinski definition) is 1. The molecule has 0 bridgehead atoms. The van der Waals surface area contributed by atoms with E-state index < -0.39 is 0 Å². The van der Waals surface area contributed by atoms with Crippen LogP contribution in [-0.2, 0) is 12.0 Å². The molecule has 1 fully saturated rings. The fraction of sp³-hybridized carbons (Fsp3) is 0.727. The predicted octanol–water partition coefficient (Wildman–Crippen LogP) is 2.68. The molecule has 1 heterocycles. The SMILES string of the molecule is CC(C)(C)Cc1csc(C2(N)CC2)n1.